The Morgan fingerprint density at radius 2 is 2.06 bits per heavy atom. The first-order valence-electron chi connectivity index (χ1n) is 11.0. The number of hydrogen-bond acceptors (Lipinski definition) is 3. The first kappa shape index (κ1) is 23.4. The summed E-state index contributed by atoms with van der Waals surface area (Å²) in [6.07, 6.45) is 4.45. The van der Waals surface area contributed by atoms with E-state index in [1.807, 2.05) is 19.3 Å². The minimum Gasteiger partial charge on any atom is -0.463 e. The maximum absolute atomic E-state index is 14.1. The minimum absolute atomic E-state index is 0.108. The number of imidazole rings is 1. The second-order valence-corrected chi connectivity index (χ2v) is 8.81. The average Bonchev–Trinajstić information content (AvgIpc) is 3.11. The van der Waals surface area contributed by atoms with Gasteiger partial charge in [-0.1, -0.05) is 30.3 Å². The van der Waals surface area contributed by atoms with Gasteiger partial charge in [0.25, 0.3) is 5.82 Å². The molecule has 170 valence electrons. The lowest BCUT2D eigenvalue weighted by Crippen LogP contribution is -2.48. The largest absolute Gasteiger partial charge is 0.463 e. The number of carbonyl (C=O) groups is 1. The molecule has 1 N–H and O–H groups in total. The lowest BCUT2D eigenvalue weighted by atomic mass is 9.72. The van der Waals surface area contributed by atoms with Gasteiger partial charge in [0.05, 0.1) is 19.2 Å². The Labute approximate surface area is 182 Å². The quantitative estimate of drug-likeness (QED) is 0.382. The summed E-state index contributed by atoms with van der Waals surface area (Å²) < 4.78 is 37.9. The zero-order valence-electron chi connectivity index (χ0n) is 18.6. The predicted molar refractivity (Wildman–Crippen MR) is 113 cm³/mol. The van der Waals surface area contributed by atoms with Crippen molar-refractivity contribution in [1.29, 1.82) is 0 Å². The number of halogens is 2. The van der Waals surface area contributed by atoms with Gasteiger partial charge in [-0.15, -0.1) is 0 Å². The highest BCUT2D eigenvalue weighted by molar-refractivity contribution is 5.81. The van der Waals surface area contributed by atoms with E-state index in [2.05, 4.69) is 23.0 Å². The standard InChI is InChI=1S/C24H33F2N2O3/c1-18(2)28-15-14-27(19(28)3)13-8-16-31-22(29)24(30,20-9-5-4-6-10-20)21-11-7-12-23(25,26)17-21/h4-6,9-10,14-15,18,21,30H,7-8,11-13,16-17H2,1-3H3/q+1/t21-,24+/m1/s1. The Morgan fingerprint density at radius 3 is 2.68 bits per heavy atom. The fourth-order valence-corrected chi connectivity index (χ4v) is 4.55. The van der Waals surface area contributed by atoms with Crippen molar-refractivity contribution < 1.29 is 28.0 Å². The second kappa shape index (κ2) is 9.47. The number of carbonyl (C=O) groups excluding carboxylic acids is 1. The van der Waals surface area contributed by atoms with Crippen LogP contribution in [0.5, 0.6) is 0 Å². The van der Waals surface area contributed by atoms with E-state index in [1.165, 1.54) is 0 Å². The molecule has 31 heavy (non-hydrogen) atoms. The number of hydrogen-bond donors (Lipinski definition) is 1. The van der Waals surface area contributed by atoms with Crippen LogP contribution in [0.2, 0.25) is 0 Å². The molecular weight excluding hydrogens is 402 g/mol. The van der Waals surface area contributed by atoms with Crippen molar-refractivity contribution in [3.05, 3.63) is 54.1 Å². The van der Waals surface area contributed by atoms with Crippen molar-refractivity contribution in [1.82, 2.24) is 4.57 Å². The van der Waals surface area contributed by atoms with Crippen molar-refractivity contribution >= 4 is 5.97 Å². The van der Waals surface area contributed by atoms with Crippen LogP contribution in [-0.2, 0) is 21.7 Å². The Balaban J connectivity index is 1.68. The van der Waals surface area contributed by atoms with Crippen molar-refractivity contribution in [2.75, 3.05) is 6.61 Å². The Morgan fingerprint density at radius 1 is 1.35 bits per heavy atom. The number of rotatable bonds is 8. The van der Waals surface area contributed by atoms with Crippen molar-refractivity contribution in [3.63, 3.8) is 0 Å². The molecule has 0 unspecified atom stereocenters. The van der Waals surface area contributed by atoms with Crippen LogP contribution in [0.25, 0.3) is 0 Å². The summed E-state index contributed by atoms with van der Waals surface area (Å²) in [7, 11) is 0. The van der Waals surface area contributed by atoms with Gasteiger partial charge in [-0.2, -0.15) is 0 Å². The Hall–Kier alpha value is -2.28. The number of aryl methyl sites for hydroxylation is 1. The summed E-state index contributed by atoms with van der Waals surface area (Å²) in [5.41, 5.74) is -1.77. The van der Waals surface area contributed by atoms with Gasteiger partial charge in [0.1, 0.15) is 12.4 Å². The Kier molecular flexibility index (Phi) is 7.14. The first-order chi connectivity index (χ1) is 14.6. The van der Waals surface area contributed by atoms with E-state index in [-0.39, 0.29) is 19.4 Å². The molecule has 0 spiro atoms. The number of nitrogens with zero attached hydrogens (tertiary/aromatic N) is 2. The molecule has 1 aliphatic rings. The molecule has 7 heteroatoms. The highest BCUT2D eigenvalue weighted by atomic mass is 19.3. The highest BCUT2D eigenvalue weighted by Crippen LogP contribution is 2.45. The first-order valence-corrected chi connectivity index (χ1v) is 11.0. The molecule has 0 amide bonds. The molecule has 1 fully saturated rings. The van der Waals surface area contributed by atoms with Crippen LogP contribution < -0.4 is 4.57 Å². The maximum atomic E-state index is 14.1. The molecule has 5 nitrogen and oxygen atoms in total. The maximum Gasteiger partial charge on any atom is 0.343 e. The topological polar surface area (TPSA) is 55.3 Å². The predicted octanol–water partition coefficient (Wildman–Crippen LogP) is 4.31. The average molecular weight is 436 g/mol. The molecule has 0 radical (unpaired) electrons. The summed E-state index contributed by atoms with van der Waals surface area (Å²) >= 11 is 0. The molecular formula is C24H33F2N2O3+. The fraction of sp³-hybridized carbons (Fsp3) is 0.583. The summed E-state index contributed by atoms with van der Waals surface area (Å²) in [6, 6.07) is 8.69. The van der Waals surface area contributed by atoms with Crippen LogP contribution in [-0.4, -0.2) is 28.2 Å². The van der Waals surface area contributed by atoms with Crippen LogP contribution in [0, 0.1) is 12.8 Å². The van der Waals surface area contributed by atoms with Crippen LogP contribution in [0.4, 0.5) is 8.78 Å². The zero-order valence-corrected chi connectivity index (χ0v) is 18.6. The van der Waals surface area contributed by atoms with E-state index >= 15 is 0 Å². The third-order valence-electron chi connectivity index (χ3n) is 6.29. The number of benzene rings is 1. The van der Waals surface area contributed by atoms with Crippen molar-refractivity contribution in [2.45, 2.75) is 77.0 Å². The summed E-state index contributed by atoms with van der Waals surface area (Å²) in [5.74, 6) is -3.51. The van der Waals surface area contributed by atoms with Gasteiger partial charge in [-0.05, 0) is 32.3 Å². The summed E-state index contributed by atoms with van der Waals surface area (Å²) in [6.45, 7) is 7.01. The Bertz CT molecular complexity index is 882. The molecule has 1 aliphatic carbocycles. The van der Waals surface area contributed by atoms with Crippen molar-refractivity contribution in [3.8, 4) is 0 Å². The van der Waals surface area contributed by atoms with Crippen molar-refractivity contribution in [2.24, 2.45) is 5.92 Å². The molecule has 0 bridgehead atoms. The third kappa shape index (κ3) is 5.14. The zero-order chi connectivity index (χ0) is 22.6. The van der Waals surface area contributed by atoms with Gasteiger partial charge >= 0.3 is 5.97 Å². The minimum atomic E-state index is -2.89. The van der Waals surface area contributed by atoms with Crippen LogP contribution in [0.1, 0.15) is 63.4 Å². The number of aromatic nitrogens is 2. The monoisotopic (exact) mass is 435 g/mol. The van der Waals surface area contributed by atoms with E-state index in [9.17, 15) is 18.7 Å². The SMILES string of the molecule is Cc1n(C(C)C)cc[n+]1CCCOC(=O)[C@](O)(c1ccccc1)[C@@H]1CCCC(F)(F)C1. The molecule has 2 atom stereocenters. The lowest BCUT2D eigenvalue weighted by molar-refractivity contribution is -0.703. The number of ether oxygens (including phenoxy) is 1. The van der Waals surface area contributed by atoms with E-state index in [4.69, 9.17) is 4.74 Å². The highest BCUT2D eigenvalue weighted by Gasteiger charge is 2.52. The number of aliphatic hydroxyl groups is 1. The van der Waals surface area contributed by atoms with Crippen LogP contribution >= 0.6 is 0 Å². The molecule has 0 saturated heterocycles. The molecule has 0 aliphatic heterocycles. The van der Waals surface area contributed by atoms with Gasteiger partial charge in [-0.25, -0.2) is 22.7 Å². The molecule has 1 aromatic carbocycles. The molecule has 1 heterocycles. The van der Waals surface area contributed by atoms with Gasteiger partial charge < -0.3 is 9.84 Å². The summed E-state index contributed by atoms with van der Waals surface area (Å²) in [5, 5.41) is 11.4. The van der Waals surface area contributed by atoms with Crippen LogP contribution in [0.15, 0.2) is 42.7 Å². The second-order valence-electron chi connectivity index (χ2n) is 8.81. The smallest absolute Gasteiger partial charge is 0.343 e. The molecule has 2 aromatic rings. The normalized spacial score (nSPS) is 20.4. The molecule has 1 saturated carbocycles. The lowest BCUT2D eigenvalue weighted by Gasteiger charge is -2.39. The molecule has 1 aromatic heterocycles. The van der Waals surface area contributed by atoms with Gasteiger partial charge in [0.15, 0.2) is 5.60 Å². The van der Waals surface area contributed by atoms with Crippen LogP contribution in [0.3, 0.4) is 0 Å². The third-order valence-corrected chi connectivity index (χ3v) is 6.29. The fourth-order valence-electron chi connectivity index (χ4n) is 4.55. The van der Waals surface area contributed by atoms with Gasteiger partial charge in [-0.3, -0.25) is 0 Å². The van der Waals surface area contributed by atoms with Gasteiger partial charge in [0, 0.05) is 32.1 Å². The van der Waals surface area contributed by atoms with Gasteiger partial charge in [0.2, 0.25) is 5.92 Å². The number of esters is 1. The van der Waals surface area contributed by atoms with E-state index < -0.39 is 29.8 Å². The summed E-state index contributed by atoms with van der Waals surface area (Å²) in [4.78, 5) is 13.0. The number of alkyl halides is 2. The molecule has 3 rings (SSSR count). The van der Waals surface area contributed by atoms with E-state index in [0.29, 0.717) is 31.0 Å². The van der Waals surface area contributed by atoms with E-state index in [0.717, 1.165) is 5.82 Å². The van der Waals surface area contributed by atoms with E-state index in [1.54, 1.807) is 30.3 Å².